The topological polar surface area (TPSA) is 78.3 Å². The van der Waals surface area contributed by atoms with Crippen molar-refractivity contribution in [3.8, 4) is 22.9 Å². The van der Waals surface area contributed by atoms with E-state index in [0.29, 0.717) is 18.3 Å². The van der Waals surface area contributed by atoms with Gasteiger partial charge in [-0.05, 0) is 41.5 Å². The predicted molar refractivity (Wildman–Crippen MR) is 141 cm³/mol. The molecule has 190 valence electrons. The van der Waals surface area contributed by atoms with Crippen molar-refractivity contribution < 1.29 is 14.3 Å². The summed E-state index contributed by atoms with van der Waals surface area (Å²) < 4.78 is 13.1. The van der Waals surface area contributed by atoms with Gasteiger partial charge in [-0.15, -0.1) is 10.2 Å². The molecule has 2 aromatic carbocycles. The number of ether oxygens (including phenoxy) is 2. The van der Waals surface area contributed by atoms with E-state index in [-0.39, 0.29) is 18.1 Å². The zero-order chi connectivity index (χ0) is 25.1. The molecule has 36 heavy (non-hydrogen) atoms. The molecule has 0 spiro atoms. The van der Waals surface area contributed by atoms with Gasteiger partial charge in [-0.2, -0.15) is 0 Å². The summed E-state index contributed by atoms with van der Waals surface area (Å²) in [6, 6.07) is 14.8. The molecule has 1 saturated carbocycles. The Labute approximate surface area is 217 Å². The lowest BCUT2D eigenvalue weighted by Gasteiger charge is -2.26. The third-order valence-electron chi connectivity index (χ3n) is 6.87. The molecule has 1 N–H and O–H groups in total. The molecular weight excluding hydrogens is 472 g/mol. The van der Waals surface area contributed by atoms with E-state index in [1.807, 2.05) is 18.2 Å². The van der Waals surface area contributed by atoms with Crippen molar-refractivity contribution in [2.45, 2.75) is 76.0 Å². The molecule has 2 aliphatic rings. The molecule has 1 aliphatic heterocycles. The normalized spacial score (nSPS) is 15.8. The van der Waals surface area contributed by atoms with Gasteiger partial charge in [0.25, 0.3) is 0 Å². The van der Waals surface area contributed by atoms with Gasteiger partial charge in [-0.25, -0.2) is 0 Å². The van der Waals surface area contributed by atoms with E-state index in [1.54, 1.807) is 0 Å². The van der Waals surface area contributed by atoms with Crippen molar-refractivity contribution in [3.63, 3.8) is 0 Å². The first kappa shape index (κ1) is 24.7. The van der Waals surface area contributed by atoms with Crippen LogP contribution in [0.1, 0.15) is 70.0 Å². The number of rotatable bonds is 7. The molecule has 1 amide bonds. The maximum atomic E-state index is 12.7. The summed E-state index contributed by atoms with van der Waals surface area (Å²) in [5.74, 6) is 2.61. The number of carbonyl (C=O) groups is 1. The predicted octanol–water partition coefficient (Wildman–Crippen LogP) is 5.89. The number of benzene rings is 2. The molecule has 8 heteroatoms. The Bertz CT molecular complexity index is 1210. The number of hydrogen-bond acceptors (Lipinski definition) is 6. The molecule has 7 nitrogen and oxygen atoms in total. The fourth-order valence-electron chi connectivity index (χ4n) is 4.79. The number of aromatic nitrogens is 3. The molecule has 3 aromatic rings. The molecule has 0 unspecified atom stereocenters. The highest BCUT2D eigenvalue weighted by molar-refractivity contribution is 7.99. The number of thioether (sulfide) groups is 1. The van der Waals surface area contributed by atoms with E-state index in [9.17, 15) is 4.79 Å². The lowest BCUT2D eigenvalue weighted by molar-refractivity contribution is -0.118. The van der Waals surface area contributed by atoms with Crippen molar-refractivity contribution in [2.75, 3.05) is 12.5 Å². The molecule has 5 rings (SSSR count). The maximum absolute atomic E-state index is 12.7. The zero-order valence-electron chi connectivity index (χ0n) is 21.3. The SMILES string of the molecule is CC(C)(C)c1ccc(-c2nnc(SCC(=O)NCc3ccc4c(c3)OCO4)n2C2CCCCC2)cc1. The van der Waals surface area contributed by atoms with E-state index in [4.69, 9.17) is 9.47 Å². The third kappa shape index (κ3) is 5.53. The Morgan fingerprint density at radius 2 is 1.78 bits per heavy atom. The van der Waals surface area contributed by atoms with Gasteiger partial charge in [0, 0.05) is 18.2 Å². The van der Waals surface area contributed by atoms with Crippen LogP contribution in [0.2, 0.25) is 0 Å². The monoisotopic (exact) mass is 506 g/mol. The first-order chi connectivity index (χ1) is 17.4. The lowest BCUT2D eigenvalue weighted by atomic mass is 9.86. The lowest BCUT2D eigenvalue weighted by Crippen LogP contribution is -2.25. The number of fused-ring (bicyclic) bond motifs is 1. The Morgan fingerprint density at radius 3 is 2.53 bits per heavy atom. The second-order valence-corrected chi connectivity index (χ2v) is 11.5. The van der Waals surface area contributed by atoms with Gasteiger partial charge in [0.1, 0.15) is 0 Å². The first-order valence-corrected chi connectivity index (χ1v) is 13.7. The average Bonchev–Trinajstić information content (AvgIpc) is 3.53. The van der Waals surface area contributed by atoms with Crippen LogP contribution in [0.3, 0.4) is 0 Å². The summed E-state index contributed by atoms with van der Waals surface area (Å²) in [4.78, 5) is 12.7. The highest BCUT2D eigenvalue weighted by atomic mass is 32.2. The van der Waals surface area contributed by atoms with E-state index in [1.165, 1.54) is 36.6 Å². The van der Waals surface area contributed by atoms with Gasteiger partial charge >= 0.3 is 0 Å². The number of carbonyl (C=O) groups excluding carboxylic acids is 1. The summed E-state index contributed by atoms with van der Waals surface area (Å²) in [7, 11) is 0. The largest absolute Gasteiger partial charge is 0.454 e. The molecule has 2 heterocycles. The van der Waals surface area contributed by atoms with Crippen LogP contribution in [-0.4, -0.2) is 33.2 Å². The van der Waals surface area contributed by atoms with E-state index < -0.39 is 0 Å². The van der Waals surface area contributed by atoms with Crippen LogP contribution in [0.4, 0.5) is 0 Å². The average molecular weight is 507 g/mol. The molecule has 0 atom stereocenters. The van der Waals surface area contributed by atoms with E-state index in [2.05, 4.69) is 65.1 Å². The third-order valence-corrected chi connectivity index (χ3v) is 7.82. The molecular formula is C28H34N4O3S. The summed E-state index contributed by atoms with van der Waals surface area (Å²) in [5.41, 5.74) is 3.44. The van der Waals surface area contributed by atoms with E-state index >= 15 is 0 Å². The number of hydrogen-bond donors (Lipinski definition) is 1. The fourth-order valence-corrected chi connectivity index (χ4v) is 5.63. The Hall–Kier alpha value is -3.00. The standard InChI is InChI=1S/C28H34N4O3S/c1-28(2,3)21-12-10-20(11-13-21)26-30-31-27(32(26)22-7-5-4-6-8-22)36-17-25(33)29-16-19-9-14-23-24(15-19)35-18-34-23/h9-15,22H,4-8,16-18H2,1-3H3,(H,29,33). The highest BCUT2D eigenvalue weighted by Gasteiger charge is 2.25. The minimum atomic E-state index is -0.0352. The first-order valence-electron chi connectivity index (χ1n) is 12.7. The number of amides is 1. The van der Waals surface area contributed by atoms with Crippen LogP contribution in [-0.2, 0) is 16.8 Å². The van der Waals surface area contributed by atoms with Crippen LogP contribution >= 0.6 is 11.8 Å². The summed E-state index contributed by atoms with van der Waals surface area (Å²) >= 11 is 1.46. The molecule has 0 saturated heterocycles. The minimum absolute atomic E-state index is 0.0352. The Morgan fingerprint density at radius 1 is 1.03 bits per heavy atom. The van der Waals surface area contributed by atoms with Crippen LogP contribution in [0, 0.1) is 0 Å². The molecule has 0 radical (unpaired) electrons. The smallest absolute Gasteiger partial charge is 0.231 e. The van der Waals surface area contributed by atoms with Crippen LogP contribution in [0.5, 0.6) is 11.5 Å². The van der Waals surface area contributed by atoms with Gasteiger partial charge in [0.15, 0.2) is 22.5 Å². The molecule has 1 aromatic heterocycles. The van der Waals surface area contributed by atoms with Gasteiger partial charge in [0.05, 0.1) is 5.75 Å². The van der Waals surface area contributed by atoms with Crippen molar-refractivity contribution >= 4 is 17.7 Å². The van der Waals surface area contributed by atoms with Crippen molar-refractivity contribution in [1.29, 1.82) is 0 Å². The summed E-state index contributed by atoms with van der Waals surface area (Å²) in [5, 5.41) is 12.9. The van der Waals surface area contributed by atoms with Crippen molar-refractivity contribution in [1.82, 2.24) is 20.1 Å². The summed E-state index contributed by atoms with van der Waals surface area (Å²) in [6.45, 7) is 7.35. The van der Waals surface area contributed by atoms with Gasteiger partial charge in [0.2, 0.25) is 12.7 Å². The van der Waals surface area contributed by atoms with Crippen molar-refractivity contribution in [2.24, 2.45) is 0 Å². The second-order valence-electron chi connectivity index (χ2n) is 10.5. The van der Waals surface area contributed by atoms with Crippen LogP contribution in [0.25, 0.3) is 11.4 Å². The number of nitrogens with one attached hydrogen (secondary N) is 1. The summed E-state index contributed by atoms with van der Waals surface area (Å²) in [6.07, 6.45) is 5.94. The maximum Gasteiger partial charge on any atom is 0.231 e. The molecule has 1 fully saturated rings. The Balaban J connectivity index is 1.28. The van der Waals surface area contributed by atoms with E-state index in [0.717, 1.165) is 46.4 Å². The highest BCUT2D eigenvalue weighted by Crippen LogP contribution is 2.36. The number of nitrogens with zero attached hydrogens (tertiary/aromatic N) is 3. The zero-order valence-corrected chi connectivity index (χ0v) is 22.1. The van der Waals surface area contributed by atoms with Crippen LogP contribution < -0.4 is 14.8 Å². The second kappa shape index (κ2) is 10.5. The Kier molecular flexibility index (Phi) is 7.23. The minimum Gasteiger partial charge on any atom is -0.454 e. The fraction of sp³-hybridized carbons (Fsp3) is 0.464. The quantitative estimate of drug-likeness (QED) is 0.403. The van der Waals surface area contributed by atoms with Crippen molar-refractivity contribution in [3.05, 3.63) is 53.6 Å². The molecule has 1 aliphatic carbocycles. The van der Waals surface area contributed by atoms with Gasteiger partial charge in [-0.3, -0.25) is 9.36 Å². The van der Waals surface area contributed by atoms with Crippen LogP contribution in [0.15, 0.2) is 47.6 Å². The van der Waals surface area contributed by atoms with Gasteiger partial charge in [-0.1, -0.05) is 82.1 Å². The van der Waals surface area contributed by atoms with Gasteiger partial charge < -0.3 is 14.8 Å². The molecule has 0 bridgehead atoms.